The summed E-state index contributed by atoms with van der Waals surface area (Å²) in [6, 6.07) is 6.79. The molecule has 4 nitrogen and oxygen atoms in total. The van der Waals surface area contributed by atoms with Gasteiger partial charge < -0.3 is 14.5 Å². The van der Waals surface area contributed by atoms with Crippen LogP contribution >= 0.6 is 0 Å². The van der Waals surface area contributed by atoms with Crippen molar-refractivity contribution in [3.05, 3.63) is 29.8 Å². The summed E-state index contributed by atoms with van der Waals surface area (Å²) in [5.74, 6) is 0.327. The summed E-state index contributed by atoms with van der Waals surface area (Å²) in [6.45, 7) is 3.06. The van der Waals surface area contributed by atoms with E-state index in [0.29, 0.717) is 25.0 Å². The van der Waals surface area contributed by atoms with Crippen molar-refractivity contribution in [2.45, 2.75) is 45.3 Å². The van der Waals surface area contributed by atoms with E-state index >= 15 is 0 Å². The topological polar surface area (TPSA) is 32.8 Å². The molecule has 25 heavy (non-hydrogen) atoms. The van der Waals surface area contributed by atoms with Crippen molar-refractivity contribution in [1.82, 2.24) is 9.80 Å². The van der Waals surface area contributed by atoms with Gasteiger partial charge in [0.2, 0.25) is 0 Å². The molecule has 0 saturated carbocycles. The number of amides is 1. The number of benzene rings is 1. The molecular formula is C19H26F2N2O2. The van der Waals surface area contributed by atoms with E-state index in [1.54, 1.807) is 23.1 Å². The minimum atomic E-state index is -2.93. The first kappa shape index (κ1) is 18.1. The van der Waals surface area contributed by atoms with Crippen molar-refractivity contribution in [3.63, 3.8) is 0 Å². The monoisotopic (exact) mass is 352 g/mol. The van der Waals surface area contributed by atoms with Crippen molar-refractivity contribution in [1.29, 1.82) is 0 Å². The Morgan fingerprint density at radius 2 is 1.76 bits per heavy atom. The molecule has 3 rings (SSSR count). The van der Waals surface area contributed by atoms with Crippen molar-refractivity contribution < 1.29 is 18.3 Å². The lowest BCUT2D eigenvalue weighted by atomic mass is 9.89. The highest BCUT2D eigenvalue weighted by Gasteiger charge is 2.31. The lowest BCUT2D eigenvalue weighted by molar-refractivity contribution is -0.0503. The maximum atomic E-state index is 12.7. The summed E-state index contributed by atoms with van der Waals surface area (Å²) in [5, 5.41) is 0. The highest BCUT2D eigenvalue weighted by atomic mass is 19.3. The number of carbonyl (C=O) groups is 1. The van der Waals surface area contributed by atoms with Gasteiger partial charge in [-0.1, -0.05) is 12.1 Å². The van der Waals surface area contributed by atoms with E-state index in [-0.39, 0.29) is 17.2 Å². The number of halogens is 2. The van der Waals surface area contributed by atoms with Crippen LogP contribution < -0.4 is 4.74 Å². The maximum Gasteiger partial charge on any atom is 0.387 e. The molecule has 1 aromatic carbocycles. The number of rotatable bonds is 5. The largest absolute Gasteiger partial charge is 0.434 e. The van der Waals surface area contributed by atoms with Gasteiger partial charge in [-0.15, -0.1) is 0 Å². The van der Waals surface area contributed by atoms with E-state index in [4.69, 9.17) is 0 Å². The zero-order valence-corrected chi connectivity index (χ0v) is 14.7. The minimum Gasteiger partial charge on any atom is -0.434 e. The fraction of sp³-hybridized carbons (Fsp3) is 0.632. The highest BCUT2D eigenvalue weighted by Crippen LogP contribution is 2.28. The second-order valence-corrected chi connectivity index (χ2v) is 6.99. The van der Waals surface area contributed by atoms with Gasteiger partial charge in [-0.2, -0.15) is 8.78 Å². The van der Waals surface area contributed by atoms with E-state index in [1.165, 1.54) is 32.0 Å². The molecule has 1 amide bonds. The Kier molecular flexibility index (Phi) is 5.89. The molecule has 0 spiro atoms. The average molecular weight is 352 g/mol. The summed E-state index contributed by atoms with van der Waals surface area (Å²) in [5.41, 5.74) is 0.217. The van der Waals surface area contributed by atoms with Crippen molar-refractivity contribution in [2.24, 2.45) is 5.92 Å². The summed E-state index contributed by atoms with van der Waals surface area (Å²) < 4.78 is 29.6. The zero-order chi connectivity index (χ0) is 17.8. The van der Waals surface area contributed by atoms with Crippen LogP contribution in [0.5, 0.6) is 5.75 Å². The van der Waals surface area contributed by atoms with Gasteiger partial charge in [0.05, 0.1) is 5.56 Å². The van der Waals surface area contributed by atoms with Gasteiger partial charge in [0.1, 0.15) is 5.75 Å². The van der Waals surface area contributed by atoms with E-state index in [0.717, 1.165) is 12.8 Å². The molecule has 2 saturated heterocycles. The van der Waals surface area contributed by atoms with Crippen LogP contribution in [-0.4, -0.2) is 54.5 Å². The third-order valence-corrected chi connectivity index (χ3v) is 5.56. The Hall–Kier alpha value is -1.69. The lowest BCUT2D eigenvalue weighted by Crippen LogP contribution is -2.45. The number of nitrogens with zero attached hydrogens (tertiary/aromatic N) is 2. The molecule has 2 fully saturated rings. The molecule has 1 atom stereocenters. The lowest BCUT2D eigenvalue weighted by Gasteiger charge is -2.38. The molecule has 138 valence electrons. The first-order valence-corrected chi connectivity index (χ1v) is 9.13. The minimum absolute atomic E-state index is 0.0462. The second kappa shape index (κ2) is 8.13. The van der Waals surface area contributed by atoms with Crippen molar-refractivity contribution in [3.8, 4) is 5.75 Å². The average Bonchev–Trinajstić information content (AvgIpc) is 3.15. The van der Waals surface area contributed by atoms with E-state index in [9.17, 15) is 13.6 Å². The SMILES string of the molecule is C[C@@H](C1CCN(C(=O)c2ccccc2OC(F)F)CC1)N1CCCC1. The molecule has 0 radical (unpaired) electrons. The number of ether oxygens (including phenoxy) is 1. The molecule has 0 aromatic heterocycles. The van der Waals surface area contributed by atoms with Crippen LogP contribution in [0.3, 0.4) is 0 Å². The molecular weight excluding hydrogens is 326 g/mol. The molecule has 0 unspecified atom stereocenters. The maximum absolute atomic E-state index is 12.7. The molecule has 2 aliphatic heterocycles. The molecule has 2 aliphatic rings. The zero-order valence-electron chi connectivity index (χ0n) is 14.7. The number of piperidine rings is 1. The van der Waals surface area contributed by atoms with Gasteiger partial charge in [0.15, 0.2) is 0 Å². The van der Waals surface area contributed by atoms with Crippen LogP contribution in [0.4, 0.5) is 8.78 Å². The van der Waals surface area contributed by atoms with Crippen LogP contribution in [-0.2, 0) is 0 Å². The van der Waals surface area contributed by atoms with Gasteiger partial charge >= 0.3 is 6.61 Å². The van der Waals surface area contributed by atoms with Crippen LogP contribution in [0.2, 0.25) is 0 Å². The van der Waals surface area contributed by atoms with Crippen LogP contribution in [0.15, 0.2) is 24.3 Å². The first-order valence-electron chi connectivity index (χ1n) is 9.13. The Morgan fingerprint density at radius 1 is 1.12 bits per heavy atom. The first-order chi connectivity index (χ1) is 12.1. The summed E-state index contributed by atoms with van der Waals surface area (Å²) >= 11 is 0. The number of carbonyl (C=O) groups excluding carboxylic acids is 1. The molecule has 0 N–H and O–H groups in total. The van der Waals surface area contributed by atoms with E-state index in [1.807, 2.05) is 0 Å². The van der Waals surface area contributed by atoms with Gasteiger partial charge in [-0.25, -0.2) is 0 Å². The standard InChI is InChI=1S/C19H26F2N2O2/c1-14(22-10-4-5-11-22)15-8-12-23(13-9-15)18(24)16-6-2-3-7-17(16)25-19(20)21/h2-3,6-7,14-15,19H,4-5,8-13H2,1H3/t14-/m0/s1. The Bertz CT molecular complexity index is 583. The Morgan fingerprint density at radius 3 is 2.40 bits per heavy atom. The number of likely N-dealkylation sites (tertiary alicyclic amines) is 2. The highest BCUT2D eigenvalue weighted by molar-refractivity contribution is 5.97. The summed E-state index contributed by atoms with van der Waals surface area (Å²) in [6.07, 6.45) is 4.48. The Labute approximate surface area is 147 Å². The third kappa shape index (κ3) is 4.29. The van der Waals surface area contributed by atoms with Gasteiger partial charge in [-0.3, -0.25) is 4.79 Å². The fourth-order valence-corrected chi connectivity index (χ4v) is 4.04. The molecule has 0 aliphatic carbocycles. The predicted molar refractivity (Wildman–Crippen MR) is 92.0 cm³/mol. The van der Waals surface area contributed by atoms with Gasteiger partial charge in [-0.05, 0) is 63.7 Å². The number of para-hydroxylation sites is 1. The second-order valence-electron chi connectivity index (χ2n) is 6.99. The van der Waals surface area contributed by atoms with Crippen LogP contribution in [0.25, 0.3) is 0 Å². The molecule has 0 bridgehead atoms. The quantitative estimate of drug-likeness (QED) is 0.811. The van der Waals surface area contributed by atoms with Gasteiger partial charge in [0, 0.05) is 19.1 Å². The van der Waals surface area contributed by atoms with E-state index < -0.39 is 6.61 Å². The Balaban J connectivity index is 1.60. The number of hydrogen-bond donors (Lipinski definition) is 0. The van der Waals surface area contributed by atoms with Crippen molar-refractivity contribution >= 4 is 5.91 Å². The number of alkyl halides is 2. The molecule has 2 heterocycles. The molecule has 1 aromatic rings. The number of hydrogen-bond acceptors (Lipinski definition) is 3. The van der Waals surface area contributed by atoms with Crippen molar-refractivity contribution in [2.75, 3.05) is 26.2 Å². The third-order valence-electron chi connectivity index (χ3n) is 5.56. The van der Waals surface area contributed by atoms with Gasteiger partial charge in [0.25, 0.3) is 5.91 Å². The summed E-state index contributed by atoms with van der Waals surface area (Å²) in [7, 11) is 0. The molecule has 6 heteroatoms. The predicted octanol–water partition coefficient (Wildman–Crippen LogP) is 3.62. The summed E-state index contributed by atoms with van der Waals surface area (Å²) in [4.78, 5) is 17.0. The van der Waals surface area contributed by atoms with E-state index in [2.05, 4.69) is 16.6 Å². The van der Waals surface area contributed by atoms with Crippen LogP contribution in [0.1, 0.15) is 43.0 Å². The fourth-order valence-electron chi connectivity index (χ4n) is 4.04. The normalized spacial score (nSPS) is 20.9. The van der Waals surface area contributed by atoms with Crippen LogP contribution in [0, 0.1) is 5.92 Å². The smallest absolute Gasteiger partial charge is 0.387 e.